The number of hydrogen-bond acceptors (Lipinski definition) is 2. The second-order valence-corrected chi connectivity index (χ2v) is 3.97. The lowest BCUT2D eigenvalue weighted by Crippen LogP contribution is -2.07. The molecule has 2 aromatic rings. The summed E-state index contributed by atoms with van der Waals surface area (Å²) in [5, 5.41) is 3.46. The van der Waals surface area contributed by atoms with Crippen molar-refractivity contribution in [2.75, 3.05) is 5.32 Å². The van der Waals surface area contributed by atoms with Gasteiger partial charge in [-0.3, -0.25) is 4.98 Å². The molecule has 0 aliphatic carbocycles. The van der Waals surface area contributed by atoms with Crippen molar-refractivity contribution in [1.29, 1.82) is 0 Å². The van der Waals surface area contributed by atoms with E-state index in [0.29, 0.717) is 6.04 Å². The molecule has 0 saturated heterocycles. The average molecular weight is 212 g/mol. The zero-order valence-corrected chi connectivity index (χ0v) is 9.64. The van der Waals surface area contributed by atoms with Gasteiger partial charge in [0.05, 0.1) is 11.9 Å². The van der Waals surface area contributed by atoms with Crippen LogP contribution in [-0.4, -0.2) is 4.98 Å². The number of anilines is 1. The molecule has 0 aliphatic heterocycles. The van der Waals surface area contributed by atoms with Crippen LogP contribution in [0.3, 0.4) is 0 Å². The third-order valence-corrected chi connectivity index (χ3v) is 2.71. The highest BCUT2D eigenvalue weighted by molar-refractivity contribution is 5.49. The summed E-state index contributed by atoms with van der Waals surface area (Å²) in [6, 6.07) is 12.7. The smallest absolute Gasteiger partial charge is 0.0561 e. The van der Waals surface area contributed by atoms with Crippen LogP contribution in [0.2, 0.25) is 0 Å². The molecule has 1 heterocycles. The highest BCUT2D eigenvalue weighted by atomic mass is 14.9. The van der Waals surface area contributed by atoms with Gasteiger partial charge in [-0.05, 0) is 31.0 Å². The first-order valence-electron chi connectivity index (χ1n) is 5.49. The van der Waals surface area contributed by atoms with E-state index in [1.807, 2.05) is 24.5 Å². The maximum atomic E-state index is 4.13. The van der Waals surface area contributed by atoms with Crippen LogP contribution in [0.1, 0.15) is 24.1 Å². The van der Waals surface area contributed by atoms with Gasteiger partial charge in [0.2, 0.25) is 0 Å². The fraction of sp³-hybridized carbons (Fsp3) is 0.214. The SMILES string of the molecule is Cc1ccncc1NC(C)c1ccccc1. The topological polar surface area (TPSA) is 24.9 Å². The first kappa shape index (κ1) is 10.7. The van der Waals surface area contributed by atoms with Crippen molar-refractivity contribution in [3.63, 3.8) is 0 Å². The fourth-order valence-corrected chi connectivity index (χ4v) is 1.67. The molecule has 2 nitrogen and oxygen atoms in total. The molecule has 1 N–H and O–H groups in total. The van der Waals surface area contributed by atoms with Crippen LogP contribution < -0.4 is 5.32 Å². The molecule has 1 aromatic carbocycles. The molecule has 2 heteroatoms. The zero-order chi connectivity index (χ0) is 11.4. The van der Waals surface area contributed by atoms with E-state index < -0.39 is 0 Å². The van der Waals surface area contributed by atoms with Gasteiger partial charge in [-0.25, -0.2) is 0 Å². The molecular formula is C14H16N2. The molecule has 0 saturated carbocycles. The Bertz CT molecular complexity index is 451. The van der Waals surface area contributed by atoms with Crippen LogP contribution in [0.5, 0.6) is 0 Å². The number of aryl methyl sites for hydroxylation is 1. The number of aromatic nitrogens is 1. The largest absolute Gasteiger partial charge is 0.377 e. The molecule has 0 spiro atoms. The average Bonchev–Trinajstić information content (AvgIpc) is 2.33. The van der Waals surface area contributed by atoms with E-state index in [9.17, 15) is 0 Å². The highest BCUT2D eigenvalue weighted by Crippen LogP contribution is 2.20. The third-order valence-electron chi connectivity index (χ3n) is 2.71. The molecule has 2 rings (SSSR count). The lowest BCUT2D eigenvalue weighted by Gasteiger charge is -2.16. The first-order chi connectivity index (χ1) is 7.77. The van der Waals surface area contributed by atoms with Crippen molar-refractivity contribution < 1.29 is 0 Å². The summed E-state index contributed by atoms with van der Waals surface area (Å²) in [5.41, 5.74) is 3.60. The Labute approximate surface area is 96.4 Å². The molecule has 0 aliphatic rings. The van der Waals surface area contributed by atoms with Gasteiger partial charge in [0.1, 0.15) is 0 Å². The molecule has 0 fully saturated rings. The highest BCUT2D eigenvalue weighted by Gasteiger charge is 2.05. The Morgan fingerprint density at radius 2 is 1.88 bits per heavy atom. The van der Waals surface area contributed by atoms with E-state index in [1.54, 1.807) is 0 Å². The Hall–Kier alpha value is -1.83. The summed E-state index contributed by atoms with van der Waals surface area (Å²) in [6.45, 7) is 4.24. The molecular weight excluding hydrogens is 196 g/mol. The summed E-state index contributed by atoms with van der Waals surface area (Å²) in [6.07, 6.45) is 3.68. The normalized spacial score (nSPS) is 12.1. The predicted molar refractivity (Wildman–Crippen MR) is 67.5 cm³/mol. The molecule has 82 valence electrons. The standard InChI is InChI=1S/C14H16N2/c1-11-8-9-15-10-14(11)16-12(2)13-6-4-3-5-7-13/h3-10,12,16H,1-2H3. The van der Waals surface area contributed by atoms with Crippen molar-refractivity contribution in [1.82, 2.24) is 4.98 Å². The predicted octanol–water partition coefficient (Wildman–Crippen LogP) is 3.56. The summed E-state index contributed by atoms with van der Waals surface area (Å²) in [5.74, 6) is 0. The quantitative estimate of drug-likeness (QED) is 0.841. The van der Waals surface area contributed by atoms with Crippen LogP contribution in [0.4, 0.5) is 5.69 Å². The number of nitrogens with one attached hydrogen (secondary N) is 1. The number of nitrogens with zero attached hydrogens (tertiary/aromatic N) is 1. The molecule has 0 bridgehead atoms. The van der Waals surface area contributed by atoms with Crippen molar-refractivity contribution in [3.8, 4) is 0 Å². The maximum absolute atomic E-state index is 4.13. The summed E-state index contributed by atoms with van der Waals surface area (Å²) >= 11 is 0. The molecule has 1 atom stereocenters. The Morgan fingerprint density at radius 3 is 2.56 bits per heavy atom. The Kier molecular flexibility index (Phi) is 3.20. The second kappa shape index (κ2) is 4.79. The monoisotopic (exact) mass is 212 g/mol. The van der Waals surface area contributed by atoms with Crippen molar-refractivity contribution >= 4 is 5.69 Å². The zero-order valence-electron chi connectivity index (χ0n) is 9.64. The van der Waals surface area contributed by atoms with E-state index in [-0.39, 0.29) is 0 Å². The molecule has 0 radical (unpaired) electrons. The molecule has 16 heavy (non-hydrogen) atoms. The van der Waals surface area contributed by atoms with E-state index in [1.165, 1.54) is 11.1 Å². The van der Waals surface area contributed by atoms with Gasteiger partial charge in [0, 0.05) is 12.2 Å². The van der Waals surface area contributed by atoms with E-state index in [4.69, 9.17) is 0 Å². The minimum atomic E-state index is 0.295. The van der Waals surface area contributed by atoms with Gasteiger partial charge in [0.25, 0.3) is 0 Å². The Balaban J connectivity index is 2.14. The van der Waals surface area contributed by atoms with Crippen molar-refractivity contribution in [2.45, 2.75) is 19.9 Å². The fourth-order valence-electron chi connectivity index (χ4n) is 1.67. The second-order valence-electron chi connectivity index (χ2n) is 3.97. The van der Waals surface area contributed by atoms with E-state index >= 15 is 0 Å². The van der Waals surface area contributed by atoms with Crippen molar-refractivity contribution in [2.24, 2.45) is 0 Å². The van der Waals surface area contributed by atoms with Gasteiger partial charge < -0.3 is 5.32 Å². The molecule has 0 amide bonds. The number of pyridine rings is 1. The van der Waals surface area contributed by atoms with E-state index in [2.05, 4.69) is 48.4 Å². The third kappa shape index (κ3) is 2.40. The lowest BCUT2D eigenvalue weighted by molar-refractivity contribution is 0.880. The van der Waals surface area contributed by atoms with Crippen LogP contribution in [-0.2, 0) is 0 Å². The molecule has 1 aromatic heterocycles. The van der Waals surface area contributed by atoms with Gasteiger partial charge in [0.15, 0.2) is 0 Å². The first-order valence-corrected chi connectivity index (χ1v) is 5.49. The minimum absolute atomic E-state index is 0.295. The van der Waals surface area contributed by atoms with Gasteiger partial charge in [-0.15, -0.1) is 0 Å². The number of benzene rings is 1. The number of rotatable bonds is 3. The lowest BCUT2D eigenvalue weighted by atomic mass is 10.1. The van der Waals surface area contributed by atoms with Gasteiger partial charge in [-0.1, -0.05) is 30.3 Å². The van der Waals surface area contributed by atoms with Gasteiger partial charge in [-0.2, -0.15) is 0 Å². The summed E-state index contributed by atoms with van der Waals surface area (Å²) in [4.78, 5) is 4.13. The maximum Gasteiger partial charge on any atom is 0.0561 e. The minimum Gasteiger partial charge on any atom is -0.377 e. The Morgan fingerprint density at radius 1 is 1.12 bits per heavy atom. The summed E-state index contributed by atoms with van der Waals surface area (Å²) < 4.78 is 0. The van der Waals surface area contributed by atoms with Crippen molar-refractivity contribution in [3.05, 3.63) is 59.9 Å². The van der Waals surface area contributed by atoms with Crippen LogP contribution >= 0.6 is 0 Å². The number of hydrogen-bond donors (Lipinski definition) is 1. The van der Waals surface area contributed by atoms with E-state index in [0.717, 1.165) is 5.69 Å². The summed E-state index contributed by atoms with van der Waals surface area (Å²) in [7, 11) is 0. The molecule has 1 unspecified atom stereocenters. The van der Waals surface area contributed by atoms with Crippen LogP contribution in [0.15, 0.2) is 48.8 Å². The van der Waals surface area contributed by atoms with Crippen LogP contribution in [0, 0.1) is 6.92 Å². The van der Waals surface area contributed by atoms with Crippen LogP contribution in [0.25, 0.3) is 0 Å². The van der Waals surface area contributed by atoms with Gasteiger partial charge >= 0.3 is 0 Å².